The molecule has 2 aromatic heterocycles. The molecule has 5 nitrogen and oxygen atoms in total. The van der Waals surface area contributed by atoms with Gasteiger partial charge >= 0.3 is 0 Å². The predicted molar refractivity (Wildman–Crippen MR) is 127 cm³/mol. The van der Waals surface area contributed by atoms with E-state index in [9.17, 15) is 4.79 Å². The van der Waals surface area contributed by atoms with Crippen LogP contribution < -0.4 is 0 Å². The van der Waals surface area contributed by atoms with Gasteiger partial charge in [-0.3, -0.25) is 9.36 Å². The zero-order valence-corrected chi connectivity index (χ0v) is 18.3. The van der Waals surface area contributed by atoms with E-state index in [4.69, 9.17) is 4.42 Å². The lowest BCUT2D eigenvalue weighted by Crippen LogP contribution is -2.18. The maximum Gasteiger partial charge on any atom is 0.277 e. The van der Waals surface area contributed by atoms with Crippen molar-refractivity contribution in [1.29, 1.82) is 0 Å². The molecule has 0 radical (unpaired) electrons. The van der Waals surface area contributed by atoms with Gasteiger partial charge in [0.15, 0.2) is 0 Å². The van der Waals surface area contributed by atoms with Crippen molar-refractivity contribution in [3.63, 3.8) is 0 Å². The average molecular weight is 440 g/mol. The minimum atomic E-state index is 0.0554. The fourth-order valence-corrected chi connectivity index (χ4v) is 5.29. The van der Waals surface area contributed by atoms with Gasteiger partial charge in [-0.2, -0.15) is 0 Å². The maximum absolute atomic E-state index is 13.2. The fraction of sp³-hybridized carbons (Fsp3) is 0.192. The van der Waals surface area contributed by atoms with Crippen LogP contribution >= 0.6 is 11.8 Å². The Balaban J connectivity index is 1.24. The molecule has 0 unspecified atom stereocenters. The summed E-state index contributed by atoms with van der Waals surface area (Å²) in [6, 6.07) is 22.5. The van der Waals surface area contributed by atoms with Crippen molar-refractivity contribution in [3.05, 3.63) is 78.0 Å². The van der Waals surface area contributed by atoms with Crippen molar-refractivity contribution < 1.29 is 9.21 Å². The first-order valence-corrected chi connectivity index (χ1v) is 11.9. The highest BCUT2D eigenvalue weighted by molar-refractivity contribution is 7.99. The molecule has 0 aliphatic heterocycles. The van der Waals surface area contributed by atoms with E-state index in [0.29, 0.717) is 11.1 Å². The summed E-state index contributed by atoms with van der Waals surface area (Å²) in [5, 5.41) is 12.3. The van der Waals surface area contributed by atoms with Crippen LogP contribution in [-0.4, -0.2) is 26.4 Å². The zero-order valence-electron chi connectivity index (χ0n) is 17.5. The van der Waals surface area contributed by atoms with Gasteiger partial charge in [0.25, 0.3) is 5.22 Å². The van der Waals surface area contributed by atoms with E-state index in [1.54, 1.807) is 0 Å². The number of nitrogens with zero attached hydrogens (tertiary/aromatic N) is 3. The highest BCUT2D eigenvalue weighted by Crippen LogP contribution is 2.33. The second-order valence-corrected chi connectivity index (χ2v) is 9.03. The molecule has 0 atom stereocenters. The number of benzene rings is 3. The standard InChI is InChI=1S/C26H21N3O2S/c30-24(29-22-11-5-3-9-20(22)21-10-4-6-12-23(21)29)16-32-26-28-27-25(31-26)19-14-13-17-7-1-2-8-18(17)15-19/h1-3,5,7-9,11,13-15H,4,6,10,12,16H2. The van der Waals surface area contributed by atoms with E-state index in [0.717, 1.165) is 35.7 Å². The molecule has 1 aliphatic rings. The van der Waals surface area contributed by atoms with Crippen LogP contribution in [0.3, 0.4) is 0 Å². The van der Waals surface area contributed by atoms with Gasteiger partial charge in [0, 0.05) is 16.6 Å². The topological polar surface area (TPSA) is 60.9 Å². The number of carbonyl (C=O) groups excluding carboxylic acids is 1. The summed E-state index contributed by atoms with van der Waals surface area (Å²) in [5.74, 6) is 0.777. The lowest BCUT2D eigenvalue weighted by molar-refractivity contribution is 0.0943. The van der Waals surface area contributed by atoms with Crippen molar-refractivity contribution in [3.8, 4) is 11.5 Å². The Morgan fingerprint density at radius 1 is 0.938 bits per heavy atom. The van der Waals surface area contributed by atoms with E-state index in [1.165, 1.54) is 40.2 Å². The van der Waals surface area contributed by atoms with Gasteiger partial charge in [-0.1, -0.05) is 60.3 Å². The summed E-state index contributed by atoms with van der Waals surface area (Å²) in [6.07, 6.45) is 4.31. The first-order valence-electron chi connectivity index (χ1n) is 10.9. The van der Waals surface area contributed by atoms with E-state index >= 15 is 0 Å². The second kappa shape index (κ2) is 7.95. The third kappa shape index (κ3) is 3.31. The predicted octanol–water partition coefficient (Wildman–Crippen LogP) is 6.16. The average Bonchev–Trinajstić information content (AvgIpc) is 3.45. The van der Waals surface area contributed by atoms with Crippen LogP contribution in [-0.2, 0) is 12.8 Å². The van der Waals surface area contributed by atoms with E-state index in [-0.39, 0.29) is 11.7 Å². The van der Waals surface area contributed by atoms with Crippen LogP contribution in [0.1, 0.15) is 28.9 Å². The Labute approximate surface area is 189 Å². The molecule has 0 N–H and O–H groups in total. The molecule has 0 bridgehead atoms. The molecule has 158 valence electrons. The van der Waals surface area contributed by atoms with Crippen molar-refractivity contribution in [2.24, 2.45) is 0 Å². The molecule has 32 heavy (non-hydrogen) atoms. The van der Waals surface area contributed by atoms with Crippen LogP contribution in [0, 0.1) is 0 Å². The normalized spacial score (nSPS) is 13.5. The number of rotatable bonds is 4. The Hall–Kier alpha value is -3.38. The third-order valence-corrected chi connectivity index (χ3v) is 6.95. The highest BCUT2D eigenvalue weighted by Gasteiger charge is 2.23. The molecule has 0 fully saturated rings. The Morgan fingerprint density at radius 2 is 1.75 bits per heavy atom. The Morgan fingerprint density at radius 3 is 2.69 bits per heavy atom. The minimum absolute atomic E-state index is 0.0554. The lowest BCUT2D eigenvalue weighted by Gasteiger charge is -2.14. The summed E-state index contributed by atoms with van der Waals surface area (Å²) in [4.78, 5) is 13.2. The van der Waals surface area contributed by atoms with Gasteiger partial charge in [-0.15, -0.1) is 10.2 Å². The van der Waals surface area contributed by atoms with E-state index < -0.39 is 0 Å². The monoisotopic (exact) mass is 439 g/mol. The van der Waals surface area contributed by atoms with E-state index in [2.05, 4.69) is 28.4 Å². The zero-order chi connectivity index (χ0) is 21.5. The number of hydrogen-bond donors (Lipinski definition) is 0. The minimum Gasteiger partial charge on any atom is -0.411 e. The molecule has 0 spiro atoms. The number of thioether (sulfide) groups is 1. The Kier molecular flexibility index (Phi) is 4.80. The van der Waals surface area contributed by atoms with Gasteiger partial charge in [0.2, 0.25) is 11.8 Å². The molecule has 6 rings (SSSR count). The van der Waals surface area contributed by atoms with Crippen LogP contribution in [0.25, 0.3) is 33.1 Å². The summed E-state index contributed by atoms with van der Waals surface area (Å²) in [6.45, 7) is 0. The number of fused-ring (bicyclic) bond motifs is 4. The lowest BCUT2D eigenvalue weighted by atomic mass is 9.96. The summed E-state index contributed by atoms with van der Waals surface area (Å²) in [5.41, 5.74) is 4.39. The van der Waals surface area contributed by atoms with Gasteiger partial charge in [0.05, 0.1) is 11.3 Å². The Bertz CT molecular complexity index is 1470. The molecule has 1 aliphatic carbocycles. The third-order valence-electron chi connectivity index (χ3n) is 6.15. The summed E-state index contributed by atoms with van der Waals surface area (Å²) >= 11 is 1.29. The fourth-order valence-electron chi connectivity index (χ4n) is 4.68. The second-order valence-electron chi connectivity index (χ2n) is 8.10. The van der Waals surface area contributed by atoms with Crippen LogP contribution in [0.4, 0.5) is 0 Å². The van der Waals surface area contributed by atoms with Gasteiger partial charge in [-0.25, -0.2) is 0 Å². The van der Waals surface area contributed by atoms with Crippen molar-refractivity contribution in [2.75, 3.05) is 5.75 Å². The molecule has 3 aromatic carbocycles. The largest absolute Gasteiger partial charge is 0.411 e. The molecule has 5 aromatic rings. The number of aryl methyl sites for hydroxylation is 1. The van der Waals surface area contributed by atoms with Crippen LogP contribution in [0.2, 0.25) is 0 Å². The maximum atomic E-state index is 13.2. The van der Waals surface area contributed by atoms with Crippen LogP contribution in [0.15, 0.2) is 76.4 Å². The molecular formula is C26H21N3O2S. The number of carbonyl (C=O) groups is 1. The van der Waals surface area contributed by atoms with Gasteiger partial charge in [-0.05, 0) is 60.2 Å². The molecule has 2 heterocycles. The molecule has 6 heteroatoms. The molecular weight excluding hydrogens is 418 g/mol. The van der Waals surface area contributed by atoms with Crippen molar-refractivity contribution in [1.82, 2.24) is 14.8 Å². The highest BCUT2D eigenvalue weighted by atomic mass is 32.2. The molecule has 0 saturated heterocycles. The van der Waals surface area contributed by atoms with Gasteiger partial charge < -0.3 is 4.42 Å². The first-order chi connectivity index (χ1) is 15.8. The quantitative estimate of drug-likeness (QED) is 0.314. The smallest absolute Gasteiger partial charge is 0.277 e. The van der Waals surface area contributed by atoms with Crippen LogP contribution in [0.5, 0.6) is 0 Å². The first kappa shape index (κ1) is 19.3. The van der Waals surface area contributed by atoms with Gasteiger partial charge in [0.1, 0.15) is 0 Å². The van der Waals surface area contributed by atoms with Crippen molar-refractivity contribution >= 4 is 39.3 Å². The number of aromatic nitrogens is 3. The summed E-state index contributed by atoms with van der Waals surface area (Å²) < 4.78 is 7.78. The number of hydrogen-bond acceptors (Lipinski definition) is 5. The molecule has 0 saturated carbocycles. The SMILES string of the molecule is O=C(CSc1nnc(-c2ccc3ccccc3c2)o1)n1c2c(c3ccccc31)CCCC2. The summed E-state index contributed by atoms with van der Waals surface area (Å²) in [7, 11) is 0. The number of para-hydroxylation sites is 1. The van der Waals surface area contributed by atoms with E-state index in [1.807, 2.05) is 53.1 Å². The molecule has 0 amide bonds. The van der Waals surface area contributed by atoms with Crippen molar-refractivity contribution in [2.45, 2.75) is 30.9 Å².